The highest BCUT2D eigenvalue weighted by molar-refractivity contribution is 5.90. The van der Waals surface area contributed by atoms with Gasteiger partial charge in [0.2, 0.25) is 0 Å². The molecule has 0 saturated carbocycles. The van der Waals surface area contributed by atoms with Gasteiger partial charge in [-0.3, -0.25) is 4.98 Å². The fraction of sp³-hybridized carbons (Fsp3) is 0.200. The molecule has 0 bridgehead atoms. The van der Waals surface area contributed by atoms with Crippen molar-refractivity contribution in [1.82, 2.24) is 4.98 Å². The van der Waals surface area contributed by atoms with E-state index in [1.165, 1.54) is 7.11 Å². The molecule has 0 saturated heterocycles. The second-order valence-corrected chi connectivity index (χ2v) is 2.52. The minimum atomic E-state index is -0.334. The molecule has 0 atom stereocenters. The predicted molar refractivity (Wildman–Crippen MR) is 49.5 cm³/mol. The summed E-state index contributed by atoms with van der Waals surface area (Å²) in [4.78, 5) is 15.1. The minimum Gasteiger partial charge on any atom is -0.465 e. The number of aromatic nitrogens is 1. The van der Waals surface area contributed by atoms with Gasteiger partial charge in [-0.25, -0.2) is 4.79 Å². The van der Waals surface area contributed by atoms with Gasteiger partial charge in [-0.1, -0.05) is 6.08 Å². The van der Waals surface area contributed by atoms with Crippen LogP contribution in [0.2, 0.25) is 0 Å². The maximum absolute atomic E-state index is 11.2. The Balaban J connectivity index is 3.03. The van der Waals surface area contributed by atoms with E-state index in [4.69, 9.17) is 0 Å². The summed E-state index contributed by atoms with van der Waals surface area (Å²) in [6.45, 7) is 3.60. The van der Waals surface area contributed by atoms with Crippen LogP contribution in [0.15, 0.2) is 31.1 Å². The molecule has 68 valence electrons. The smallest absolute Gasteiger partial charge is 0.338 e. The van der Waals surface area contributed by atoms with Gasteiger partial charge in [-0.2, -0.15) is 0 Å². The lowest BCUT2D eigenvalue weighted by atomic mass is 10.1. The third kappa shape index (κ3) is 2.15. The topological polar surface area (TPSA) is 39.2 Å². The van der Waals surface area contributed by atoms with Crippen molar-refractivity contribution in [2.45, 2.75) is 6.42 Å². The van der Waals surface area contributed by atoms with E-state index in [1.807, 2.05) is 0 Å². The van der Waals surface area contributed by atoms with E-state index < -0.39 is 0 Å². The number of pyridine rings is 1. The van der Waals surface area contributed by atoms with Gasteiger partial charge >= 0.3 is 5.97 Å². The molecule has 0 radical (unpaired) electrons. The van der Waals surface area contributed by atoms with Crippen molar-refractivity contribution in [1.29, 1.82) is 0 Å². The quantitative estimate of drug-likeness (QED) is 0.520. The van der Waals surface area contributed by atoms with Crippen molar-refractivity contribution in [2.24, 2.45) is 0 Å². The maximum Gasteiger partial charge on any atom is 0.338 e. The summed E-state index contributed by atoms with van der Waals surface area (Å²) in [5.74, 6) is -0.334. The van der Waals surface area contributed by atoms with Crippen LogP contribution < -0.4 is 0 Å². The summed E-state index contributed by atoms with van der Waals surface area (Å²) in [5.41, 5.74) is 1.39. The zero-order valence-corrected chi connectivity index (χ0v) is 7.49. The Bertz CT molecular complexity index is 320. The Kier molecular flexibility index (Phi) is 3.20. The lowest BCUT2D eigenvalue weighted by molar-refractivity contribution is 0.0599. The number of hydrogen-bond acceptors (Lipinski definition) is 3. The SMILES string of the molecule is C=CCc1cnccc1C(=O)OC. The summed E-state index contributed by atoms with van der Waals surface area (Å²) >= 11 is 0. The van der Waals surface area contributed by atoms with E-state index in [9.17, 15) is 4.79 Å². The number of allylic oxidation sites excluding steroid dienone is 1. The van der Waals surface area contributed by atoms with E-state index in [0.717, 1.165) is 5.56 Å². The number of carbonyl (C=O) groups is 1. The maximum atomic E-state index is 11.2. The molecule has 1 rings (SSSR count). The molecule has 0 fully saturated rings. The number of esters is 1. The molecule has 0 aliphatic carbocycles. The Morgan fingerprint density at radius 1 is 1.77 bits per heavy atom. The lowest BCUT2D eigenvalue weighted by Crippen LogP contribution is -2.05. The molecule has 1 heterocycles. The van der Waals surface area contributed by atoms with E-state index in [1.54, 1.807) is 24.5 Å². The molecule has 13 heavy (non-hydrogen) atoms. The van der Waals surface area contributed by atoms with Crippen LogP contribution in [0.5, 0.6) is 0 Å². The zero-order valence-electron chi connectivity index (χ0n) is 7.49. The van der Waals surface area contributed by atoms with Crippen LogP contribution in [0, 0.1) is 0 Å². The van der Waals surface area contributed by atoms with Crippen molar-refractivity contribution in [3.63, 3.8) is 0 Å². The van der Waals surface area contributed by atoms with E-state index in [2.05, 4.69) is 16.3 Å². The van der Waals surface area contributed by atoms with Crippen LogP contribution in [0.25, 0.3) is 0 Å². The van der Waals surface area contributed by atoms with Gasteiger partial charge in [-0.05, 0) is 18.1 Å². The molecule has 3 heteroatoms. The largest absolute Gasteiger partial charge is 0.465 e. The number of rotatable bonds is 3. The highest BCUT2D eigenvalue weighted by Crippen LogP contribution is 2.09. The van der Waals surface area contributed by atoms with Gasteiger partial charge < -0.3 is 4.74 Å². The molecule has 0 aliphatic rings. The predicted octanol–water partition coefficient (Wildman–Crippen LogP) is 1.60. The molecule has 0 N–H and O–H groups in total. The van der Waals surface area contributed by atoms with E-state index >= 15 is 0 Å². The lowest BCUT2D eigenvalue weighted by Gasteiger charge is -2.03. The molecule has 3 nitrogen and oxygen atoms in total. The van der Waals surface area contributed by atoms with Gasteiger partial charge in [0, 0.05) is 12.4 Å². The first-order chi connectivity index (χ1) is 6.29. The first kappa shape index (κ1) is 9.45. The molecule has 1 aromatic rings. The molecule has 0 amide bonds. The fourth-order valence-electron chi connectivity index (χ4n) is 1.05. The minimum absolute atomic E-state index is 0.334. The number of nitrogens with zero attached hydrogens (tertiary/aromatic N) is 1. The second-order valence-electron chi connectivity index (χ2n) is 2.52. The van der Waals surface area contributed by atoms with Gasteiger partial charge in [0.1, 0.15) is 0 Å². The summed E-state index contributed by atoms with van der Waals surface area (Å²) in [6.07, 6.45) is 5.56. The highest BCUT2D eigenvalue weighted by Gasteiger charge is 2.09. The van der Waals surface area contributed by atoms with Crippen molar-refractivity contribution in [3.8, 4) is 0 Å². The number of hydrogen-bond donors (Lipinski definition) is 0. The van der Waals surface area contributed by atoms with Crippen LogP contribution in [0.3, 0.4) is 0 Å². The van der Waals surface area contributed by atoms with E-state index in [0.29, 0.717) is 12.0 Å². The Labute approximate surface area is 77.1 Å². The molecule has 0 aromatic carbocycles. The fourth-order valence-corrected chi connectivity index (χ4v) is 1.05. The number of ether oxygens (including phenoxy) is 1. The van der Waals surface area contributed by atoms with Gasteiger partial charge in [-0.15, -0.1) is 6.58 Å². The third-order valence-corrected chi connectivity index (χ3v) is 1.67. The Morgan fingerprint density at radius 2 is 2.54 bits per heavy atom. The van der Waals surface area contributed by atoms with Crippen molar-refractivity contribution >= 4 is 5.97 Å². The average Bonchev–Trinajstić information content (AvgIpc) is 2.18. The normalized spacial score (nSPS) is 9.31. The number of methoxy groups -OCH3 is 1. The Morgan fingerprint density at radius 3 is 3.15 bits per heavy atom. The van der Waals surface area contributed by atoms with Crippen LogP contribution >= 0.6 is 0 Å². The number of carbonyl (C=O) groups excluding carboxylic acids is 1. The van der Waals surface area contributed by atoms with Crippen molar-refractivity contribution < 1.29 is 9.53 Å². The summed E-state index contributed by atoms with van der Waals surface area (Å²) < 4.78 is 4.62. The Hall–Kier alpha value is -1.64. The standard InChI is InChI=1S/C10H11NO2/c1-3-4-8-7-11-6-5-9(8)10(12)13-2/h3,5-7H,1,4H2,2H3. The van der Waals surface area contributed by atoms with Crippen LogP contribution in [-0.4, -0.2) is 18.1 Å². The zero-order chi connectivity index (χ0) is 9.68. The van der Waals surface area contributed by atoms with Crippen LogP contribution in [0.1, 0.15) is 15.9 Å². The van der Waals surface area contributed by atoms with Gasteiger partial charge in [0.25, 0.3) is 0 Å². The van der Waals surface area contributed by atoms with Gasteiger partial charge in [0.15, 0.2) is 0 Å². The molecule has 0 unspecified atom stereocenters. The molecule has 1 aromatic heterocycles. The summed E-state index contributed by atoms with van der Waals surface area (Å²) in [6, 6.07) is 1.64. The summed E-state index contributed by atoms with van der Waals surface area (Å²) in [7, 11) is 1.36. The van der Waals surface area contributed by atoms with Crippen LogP contribution in [0.4, 0.5) is 0 Å². The van der Waals surface area contributed by atoms with Crippen LogP contribution in [-0.2, 0) is 11.2 Å². The first-order valence-electron chi connectivity index (χ1n) is 3.91. The highest BCUT2D eigenvalue weighted by atomic mass is 16.5. The second kappa shape index (κ2) is 4.40. The molecule has 0 spiro atoms. The third-order valence-electron chi connectivity index (χ3n) is 1.67. The molecule has 0 aliphatic heterocycles. The van der Waals surface area contributed by atoms with Crippen molar-refractivity contribution in [3.05, 3.63) is 42.2 Å². The van der Waals surface area contributed by atoms with Crippen molar-refractivity contribution in [2.75, 3.05) is 7.11 Å². The summed E-state index contributed by atoms with van der Waals surface area (Å²) in [5, 5.41) is 0. The monoisotopic (exact) mass is 177 g/mol. The average molecular weight is 177 g/mol. The first-order valence-corrected chi connectivity index (χ1v) is 3.91. The molecular formula is C10H11NO2. The van der Waals surface area contributed by atoms with E-state index in [-0.39, 0.29) is 5.97 Å². The van der Waals surface area contributed by atoms with Gasteiger partial charge in [0.05, 0.1) is 12.7 Å². The molecular weight excluding hydrogens is 166 g/mol.